The monoisotopic (exact) mass is 284 g/mol. The van der Waals surface area contributed by atoms with E-state index in [1.54, 1.807) is 0 Å². The number of aromatic nitrogens is 2. The van der Waals surface area contributed by atoms with Gasteiger partial charge in [-0.3, -0.25) is 0 Å². The fourth-order valence-electron chi connectivity index (χ4n) is 2.10. The summed E-state index contributed by atoms with van der Waals surface area (Å²) in [5, 5.41) is 15.4. The number of nitrogens with one attached hydrogen (secondary N) is 2. The van der Waals surface area contributed by atoms with Crippen molar-refractivity contribution in [2.24, 2.45) is 0 Å². The largest absolute Gasteiger partial charge is 0.406 e. The highest BCUT2D eigenvalue weighted by atomic mass is 32.2. The molecular weight excluding hydrogens is 260 g/mol. The lowest BCUT2D eigenvalue weighted by Crippen LogP contribution is -2.20. The average molecular weight is 284 g/mol. The average Bonchev–Trinajstić information content (AvgIpc) is 2.92. The van der Waals surface area contributed by atoms with Crippen LogP contribution in [-0.4, -0.2) is 34.3 Å². The van der Waals surface area contributed by atoms with Crippen molar-refractivity contribution in [1.82, 2.24) is 15.5 Å². The van der Waals surface area contributed by atoms with Crippen LogP contribution < -0.4 is 10.6 Å². The molecule has 1 saturated heterocycles. The lowest BCUT2D eigenvalue weighted by atomic mass is 10.2. The third-order valence-electron chi connectivity index (χ3n) is 3.27. The van der Waals surface area contributed by atoms with Gasteiger partial charge in [-0.25, -0.2) is 0 Å². The molecule has 19 heavy (non-hydrogen) atoms. The Balaban J connectivity index is 1.76. The van der Waals surface area contributed by atoms with Crippen LogP contribution in [0.25, 0.3) is 0 Å². The van der Waals surface area contributed by atoms with Gasteiger partial charge in [0.2, 0.25) is 5.89 Å². The number of anilines is 1. The quantitative estimate of drug-likeness (QED) is 0.803. The fourth-order valence-corrected chi connectivity index (χ4v) is 3.34. The molecule has 0 saturated carbocycles. The number of thioether (sulfide) groups is 1. The van der Waals surface area contributed by atoms with Crippen LogP contribution in [0.4, 0.5) is 6.01 Å². The molecule has 108 valence electrons. The Labute approximate surface area is 119 Å². The summed E-state index contributed by atoms with van der Waals surface area (Å²) in [5.41, 5.74) is 0. The van der Waals surface area contributed by atoms with Crippen LogP contribution in [0.3, 0.4) is 0 Å². The molecule has 0 bridgehead atoms. The summed E-state index contributed by atoms with van der Waals surface area (Å²) in [6.07, 6.45) is 5.08. The summed E-state index contributed by atoms with van der Waals surface area (Å²) in [5.74, 6) is 1.94. The van der Waals surface area contributed by atoms with E-state index in [2.05, 4.69) is 27.8 Å². The van der Waals surface area contributed by atoms with Gasteiger partial charge in [0.1, 0.15) is 0 Å². The lowest BCUT2D eigenvalue weighted by Gasteiger charge is -2.20. The Bertz CT molecular complexity index is 365. The predicted molar refractivity (Wildman–Crippen MR) is 79.6 cm³/mol. The fraction of sp³-hybridized carbons (Fsp3) is 0.846. The summed E-state index contributed by atoms with van der Waals surface area (Å²) < 4.78 is 5.63. The third kappa shape index (κ3) is 4.69. The molecular formula is C13H24N4OS. The number of nitrogens with zero attached hydrogens (tertiary/aromatic N) is 2. The number of hydrogen-bond donors (Lipinski definition) is 2. The van der Waals surface area contributed by atoms with E-state index < -0.39 is 0 Å². The van der Waals surface area contributed by atoms with Gasteiger partial charge in [-0.1, -0.05) is 18.4 Å². The first kappa shape index (κ1) is 14.7. The Hall–Kier alpha value is -0.750. The van der Waals surface area contributed by atoms with Crippen molar-refractivity contribution >= 4 is 17.8 Å². The van der Waals surface area contributed by atoms with E-state index in [0.717, 1.165) is 19.5 Å². The van der Waals surface area contributed by atoms with Gasteiger partial charge in [-0.2, -0.15) is 11.8 Å². The van der Waals surface area contributed by atoms with Crippen molar-refractivity contribution in [2.75, 3.05) is 24.2 Å². The second kappa shape index (κ2) is 7.75. The van der Waals surface area contributed by atoms with E-state index in [-0.39, 0.29) is 6.04 Å². The molecule has 0 radical (unpaired) electrons. The minimum absolute atomic E-state index is 0.118. The van der Waals surface area contributed by atoms with Crippen molar-refractivity contribution in [1.29, 1.82) is 0 Å². The third-order valence-corrected chi connectivity index (χ3v) is 4.66. The molecule has 2 atom stereocenters. The van der Waals surface area contributed by atoms with Crippen LogP contribution in [0.5, 0.6) is 0 Å². The van der Waals surface area contributed by atoms with E-state index in [1.165, 1.54) is 25.0 Å². The maximum atomic E-state index is 5.63. The second-order valence-corrected chi connectivity index (χ2v) is 6.40. The molecule has 1 fully saturated rings. The number of rotatable bonds is 7. The summed E-state index contributed by atoms with van der Waals surface area (Å²) in [4.78, 5) is 0. The molecule has 2 N–H and O–H groups in total. The highest BCUT2D eigenvalue weighted by molar-refractivity contribution is 7.99. The van der Waals surface area contributed by atoms with E-state index in [0.29, 0.717) is 17.2 Å². The molecule has 0 amide bonds. The van der Waals surface area contributed by atoms with Crippen LogP contribution in [0.1, 0.15) is 51.5 Å². The zero-order valence-corrected chi connectivity index (χ0v) is 12.6. The summed E-state index contributed by atoms with van der Waals surface area (Å²) in [6, 6.07) is 0.665. The van der Waals surface area contributed by atoms with Crippen molar-refractivity contribution in [3.05, 3.63) is 5.89 Å². The summed E-state index contributed by atoms with van der Waals surface area (Å²) in [6.45, 7) is 6.07. The molecule has 1 aliphatic rings. The Morgan fingerprint density at radius 3 is 3.05 bits per heavy atom. The first-order valence-electron chi connectivity index (χ1n) is 7.22. The summed E-state index contributed by atoms with van der Waals surface area (Å²) in [7, 11) is 0. The molecule has 0 aromatic carbocycles. The zero-order chi connectivity index (χ0) is 13.5. The van der Waals surface area contributed by atoms with Crippen LogP contribution >= 0.6 is 11.8 Å². The normalized spacial score (nSPS) is 21.3. The standard InChI is InChI=1S/C13H24N4OS/c1-3-7-14-10(2)12-16-17-13(18-12)15-9-11-6-4-5-8-19-11/h10-11,14H,3-9H2,1-2H3,(H,15,17). The van der Waals surface area contributed by atoms with Gasteiger partial charge in [-0.15, -0.1) is 5.10 Å². The zero-order valence-electron chi connectivity index (χ0n) is 11.8. The maximum absolute atomic E-state index is 5.63. The smallest absolute Gasteiger partial charge is 0.315 e. The first-order valence-corrected chi connectivity index (χ1v) is 8.26. The van der Waals surface area contributed by atoms with Crippen molar-refractivity contribution in [2.45, 2.75) is 50.8 Å². The summed E-state index contributed by atoms with van der Waals surface area (Å²) >= 11 is 2.04. The van der Waals surface area contributed by atoms with Crippen LogP contribution in [0.15, 0.2) is 4.42 Å². The van der Waals surface area contributed by atoms with Crippen LogP contribution in [-0.2, 0) is 0 Å². The molecule has 6 heteroatoms. The van der Waals surface area contributed by atoms with Gasteiger partial charge in [0.15, 0.2) is 0 Å². The topological polar surface area (TPSA) is 63.0 Å². The molecule has 2 heterocycles. The van der Waals surface area contributed by atoms with Gasteiger partial charge >= 0.3 is 6.01 Å². The molecule has 2 unspecified atom stereocenters. The van der Waals surface area contributed by atoms with E-state index >= 15 is 0 Å². The van der Waals surface area contributed by atoms with Gasteiger partial charge in [0.05, 0.1) is 6.04 Å². The number of hydrogen-bond acceptors (Lipinski definition) is 6. The van der Waals surface area contributed by atoms with Gasteiger partial charge in [0.25, 0.3) is 0 Å². The molecule has 1 aromatic rings. The van der Waals surface area contributed by atoms with Crippen LogP contribution in [0, 0.1) is 0 Å². The van der Waals surface area contributed by atoms with Gasteiger partial charge < -0.3 is 15.1 Å². The van der Waals surface area contributed by atoms with Crippen molar-refractivity contribution in [3.63, 3.8) is 0 Å². The minimum Gasteiger partial charge on any atom is -0.406 e. The van der Waals surface area contributed by atoms with E-state index in [4.69, 9.17) is 4.42 Å². The first-order chi connectivity index (χ1) is 9.29. The second-order valence-electron chi connectivity index (χ2n) is 4.99. The highest BCUT2D eigenvalue weighted by Gasteiger charge is 2.16. The van der Waals surface area contributed by atoms with Crippen molar-refractivity contribution in [3.8, 4) is 0 Å². The molecule has 1 aliphatic heterocycles. The van der Waals surface area contributed by atoms with Gasteiger partial charge in [-0.05, 0) is 38.5 Å². The van der Waals surface area contributed by atoms with Crippen LogP contribution in [0.2, 0.25) is 0 Å². The lowest BCUT2D eigenvalue weighted by molar-refractivity contribution is 0.423. The molecule has 0 spiro atoms. The Morgan fingerprint density at radius 1 is 1.42 bits per heavy atom. The Morgan fingerprint density at radius 2 is 2.32 bits per heavy atom. The highest BCUT2D eigenvalue weighted by Crippen LogP contribution is 2.25. The SMILES string of the molecule is CCCNC(C)c1nnc(NCC2CCCCS2)o1. The van der Waals surface area contributed by atoms with Crippen molar-refractivity contribution < 1.29 is 4.42 Å². The maximum Gasteiger partial charge on any atom is 0.315 e. The molecule has 5 nitrogen and oxygen atoms in total. The molecule has 1 aromatic heterocycles. The van der Waals surface area contributed by atoms with E-state index in [1.807, 2.05) is 18.7 Å². The minimum atomic E-state index is 0.118. The molecule has 2 rings (SSSR count). The van der Waals surface area contributed by atoms with Gasteiger partial charge in [0, 0.05) is 11.8 Å². The molecule has 0 aliphatic carbocycles. The predicted octanol–water partition coefficient (Wildman–Crippen LogP) is 2.83. The Kier molecular flexibility index (Phi) is 5.97. The van der Waals surface area contributed by atoms with E-state index in [9.17, 15) is 0 Å².